The molecule has 1 N–H and O–H groups in total. The molecule has 0 saturated heterocycles. The molecule has 1 aliphatic rings. The molecule has 1 fully saturated rings. The average Bonchev–Trinajstić information content (AvgIpc) is 2.77. The van der Waals surface area contributed by atoms with Gasteiger partial charge in [-0.1, -0.05) is 19.8 Å². The fourth-order valence-electron chi connectivity index (χ4n) is 2.86. The number of nitrogens with zero attached hydrogens (tertiary/aromatic N) is 4. The van der Waals surface area contributed by atoms with Crippen molar-refractivity contribution in [3.05, 3.63) is 18.0 Å². The van der Waals surface area contributed by atoms with Gasteiger partial charge in [0, 0.05) is 6.04 Å². The Morgan fingerprint density at radius 1 is 1.19 bits per heavy atom. The van der Waals surface area contributed by atoms with Crippen LogP contribution in [0.4, 0.5) is 14.6 Å². The average molecular weight is 295 g/mol. The van der Waals surface area contributed by atoms with Crippen molar-refractivity contribution in [1.82, 2.24) is 19.8 Å². The van der Waals surface area contributed by atoms with Crippen LogP contribution in [-0.4, -0.2) is 25.9 Å². The first-order chi connectivity index (χ1) is 10.1. The predicted octanol–water partition coefficient (Wildman–Crippen LogP) is 3.44. The molecule has 1 saturated carbocycles. The third-order valence-electron chi connectivity index (χ3n) is 4.09. The maximum Gasteiger partial charge on any atom is 0.299 e. The molecule has 1 aliphatic carbocycles. The van der Waals surface area contributed by atoms with Crippen molar-refractivity contribution >= 4 is 11.5 Å². The summed E-state index contributed by atoms with van der Waals surface area (Å²) in [6, 6.07) is 3.78. The van der Waals surface area contributed by atoms with Crippen molar-refractivity contribution in [2.45, 2.75) is 51.5 Å². The number of halogens is 2. The van der Waals surface area contributed by atoms with Gasteiger partial charge < -0.3 is 5.32 Å². The summed E-state index contributed by atoms with van der Waals surface area (Å²) in [4.78, 5) is 0. The van der Waals surface area contributed by atoms with Gasteiger partial charge in [-0.15, -0.1) is 15.3 Å². The van der Waals surface area contributed by atoms with Crippen LogP contribution in [0.1, 0.15) is 51.3 Å². The van der Waals surface area contributed by atoms with Crippen molar-refractivity contribution < 1.29 is 8.78 Å². The van der Waals surface area contributed by atoms with Crippen molar-refractivity contribution in [1.29, 1.82) is 0 Å². The minimum atomic E-state index is -2.68. The lowest BCUT2D eigenvalue weighted by atomic mass is 10.0. The molecule has 0 aliphatic heterocycles. The smallest absolute Gasteiger partial charge is 0.299 e. The largest absolute Gasteiger partial charge is 0.366 e. The zero-order valence-electron chi connectivity index (χ0n) is 12.0. The summed E-state index contributed by atoms with van der Waals surface area (Å²) >= 11 is 0. The highest BCUT2D eigenvalue weighted by atomic mass is 19.3. The van der Waals surface area contributed by atoms with Gasteiger partial charge in [0.15, 0.2) is 5.65 Å². The molecule has 0 aromatic carbocycles. The summed E-state index contributed by atoms with van der Waals surface area (Å²) in [7, 11) is 0. The van der Waals surface area contributed by atoms with Gasteiger partial charge in [0.2, 0.25) is 5.82 Å². The van der Waals surface area contributed by atoms with Crippen molar-refractivity contribution in [2.75, 3.05) is 5.32 Å². The maximum atomic E-state index is 12.8. The molecular formula is C14H19F2N5. The molecule has 7 heteroatoms. The van der Waals surface area contributed by atoms with Gasteiger partial charge in [-0.2, -0.15) is 4.52 Å². The van der Waals surface area contributed by atoms with E-state index < -0.39 is 12.2 Å². The molecule has 0 amide bonds. The lowest BCUT2D eigenvalue weighted by Crippen LogP contribution is -2.20. The minimum Gasteiger partial charge on any atom is -0.366 e. The van der Waals surface area contributed by atoms with E-state index in [0.29, 0.717) is 17.5 Å². The Labute approximate surface area is 121 Å². The van der Waals surface area contributed by atoms with E-state index in [1.807, 2.05) is 0 Å². The second-order valence-corrected chi connectivity index (χ2v) is 5.80. The van der Waals surface area contributed by atoms with Crippen LogP contribution in [0.5, 0.6) is 0 Å². The van der Waals surface area contributed by atoms with E-state index in [1.54, 1.807) is 12.1 Å². The standard InChI is InChI=1S/C14H19F2N5/c1-9-3-2-4-10(6-5-9)17-11-7-8-12-18-19-14(13(15)16)21(12)20-11/h7-10,13H,2-6H2,1H3,(H,17,20). The molecule has 5 nitrogen and oxygen atoms in total. The van der Waals surface area contributed by atoms with Gasteiger partial charge >= 0.3 is 0 Å². The molecule has 2 aromatic rings. The Balaban J connectivity index is 1.79. The highest BCUT2D eigenvalue weighted by molar-refractivity contribution is 5.44. The van der Waals surface area contributed by atoms with E-state index in [2.05, 4.69) is 27.5 Å². The highest BCUT2D eigenvalue weighted by Gasteiger charge is 2.19. The van der Waals surface area contributed by atoms with Crippen LogP contribution in [0.2, 0.25) is 0 Å². The summed E-state index contributed by atoms with van der Waals surface area (Å²) in [6.45, 7) is 2.28. The molecule has 21 heavy (non-hydrogen) atoms. The number of hydrogen-bond donors (Lipinski definition) is 1. The van der Waals surface area contributed by atoms with E-state index in [1.165, 1.54) is 19.3 Å². The fraction of sp³-hybridized carbons (Fsp3) is 0.643. The van der Waals surface area contributed by atoms with Crippen molar-refractivity contribution in [2.24, 2.45) is 5.92 Å². The number of rotatable bonds is 3. The molecule has 0 spiro atoms. The summed E-state index contributed by atoms with van der Waals surface area (Å²) in [5, 5.41) is 14.7. The molecule has 3 rings (SSSR count). The van der Waals surface area contributed by atoms with E-state index in [0.717, 1.165) is 23.3 Å². The van der Waals surface area contributed by atoms with Crippen LogP contribution in [-0.2, 0) is 0 Å². The molecule has 0 radical (unpaired) electrons. The SMILES string of the molecule is CC1CCCC(Nc2ccc3nnc(C(F)F)n3n2)CC1. The van der Waals surface area contributed by atoms with E-state index in [4.69, 9.17) is 0 Å². The number of anilines is 1. The summed E-state index contributed by atoms with van der Waals surface area (Å²) in [5.41, 5.74) is 0.338. The highest BCUT2D eigenvalue weighted by Crippen LogP contribution is 2.25. The molecule has 2 aromatic heterocycles. The normalized spacial score (nSPS) is 23.4. The summed E-state index contributed by atoms with van der Waals surface area (Å²) in [6.07, 6.45) is 3.14. The van der Waals surface area contributed by atoms with Crippen LogP contribution in [0.15, 0.2) is 12.1 Å². The third kappa shape index (κ3) is 3.11. The Morgan fingerprint density at radius 3 is 2.86 bits per heavy atom. The second-order valence-electron chi connectivity index (χ2n) is 5.80. The van der Waals surface area contributed by atoms with Gasteiger partial charge in [-0.3, -0.25) is 0 Å². The monoisotopic (exact) mass is 295 g/mol. The summed E-state index contributed by atoms with van der Waals surface area (Å²) < 4.78 is 26.8. The predicted molar refractivity (Wildman–Crippen MR) is 75.4 cm³/mol. The van der Waals surface area contributed by atoms with Crippen LogP contribution in [0, 0.1) is 5.92 Å². The maximum absolute atomic E-state index is 12.8. The topological polar surface area (TPSA) is 55.1 Å². The quantitative estimate of drug-likeness (QED) is 0.881. The third-order valence-corrected chi connectivity index (χ3v) is 4.09. The van der Waals surface area contributed by atoms with Crippen LogP contribution in [0.3, 0.4) is 0 Å². The number of nitrogens with one attached hydrogen (secondary N) is 1. The van der Waals surface area contributed by atoms with E-state index in [9.17, 15) is 8.78 Å². The molecule has 2 unspecified atom stereocenters. The van der Waals surface area contributed by atoms with Gasteiger partial charge in [0.05, 0.1) is 0 Å². The Bertz CT molecular complexity index is 612. The molecule has 2 heterocycles. The molecular weight excluding hydrogens is 276 g/mol. The van der Waals surface area contributed by atoms with Crippen molar-refractivity contribution in [3.63, 3.8) is 0 Å². The lowest BCUT2D eigenvalue weighted by molar-refractivity contribution is 0.137. The Hall–Kier alpha value is -1.79. The van der Waals surface area contributed by atoms with Crippen LogP contribution >= 0.6 is 0 Å². The van der Waals surface area contributed by atoms with Gasteiger partial charge in [-0.25, -0.2) is 8.78 Å². The van der Waals surface area contributed by atoms with Crippen LogP contribution in [0.25, 0.3) is 5.65 Å². The zero-order chi connectivity index (χ0) is 14.8. The Morgan fingerprint density at radius 2 is 2.05 bits per heavy atom. The number of aromatic nitrogens is 4. The zero-order valence-corrected chi connectivity index (χ0v) is 12.0. The first kappa shape index (κ1) is 14.2. The minimum absolute atomic E-state index is 0.338. The first-order valence-electron chi connectivity index (χ1n) is 7.40. The van der Waals surface area contributed by atoms with E-state index in [-0.39, 0.29) is 0 Å². The fourth-order valence-corrected chi connectivity index (χ4v) is 2.86. The first-order valence-corrected chi connectivity index (χ1v) is 7.40. The molecule has 2 atom stereocenters. The van der Waals surface area contributed by atoms with E-state index >= 15 is 0 Å². The van der Waals surface area contributed by atoms with Gasteiger partial charge in [0.1, 0.15) is 5.82 Å². The Kier molecular flexibility index (Phi) is 3.98. The molecule has 0 bridgehead atoms. The number of hydrogen-bond acceptors (Lipinski definition) is 4. The van der Waals surface area contributed by atoms with Crippen molar-refractivity contribution in [3.8, 4) is 0 Å². The second kappa shape index (κ2) is 5.91. The number of fused-ring (bicyclic) bond motifs is 1. The molecule has 114 valence electrons. The lowest BCUT2D eigenvalue weighted by Gasteiger charge is -2.17. The van der Waals surface area contributed by atoms with Gasteiger partial charge in [-0.05, 0) is 37.3 Å². The van der Waals surface area contributed by atoms with Gasteiger partial charge in [0.25, 0.3) is 6.43 Å². The van der Waals surface area contributed by atoms with Crippen LogP contribution < -0.4 is 5.32 Å². The number of alkyl halides is 2. The summed E-state index contributed by atoms with van der Waals surface area (Å²) in [5.74, 6) is 0.947.